The Labute approximate surface area is 238 Å². The second kappa shape index (κ2) is 11.5. The molecule has 4 rings (SSSR count). The number of ether oxygens (including phenoxy) is 1. The third-order valence-corrected chi connectivity index (χ3v) is 6.94. The van der Waals surface area contributed by atoms with Gasteiger partial charge in [0, 0.05) is 38.1 Å². The van der Waals surface area contributed by atoms with E-state index in [-0.39, 0.29) is 29.1 Å². The number of rotatable bonds is 8. The number of nitrogens with zero attached hydrogens (tertiary/aromatic N) is 3. The molecule has 1 aliphatic rings. The van der Waals surface area contributed by atoms with Crippen molar-refractivity contribution in [1.29, 1.82) is 0 Å². The molecule has 220 valence electrons. The number of hydrogen-bond donors (Lipinski definition) is 3. The number of nitrogens with one attached hydrogen (secondary N) is 3. The molecule has 1 saturated heterocycles. The van der Waals surface area contributed by atoms with Gasteiger partial charge in [0.05, 0.1) is 5.69 Å². The molecule has 3 N–H and O–H groups in total. The summed E-state index contributed by atoms with van der Waals surface area (Å²) in [5, 5.41) is 8.03. The van der Waals surface area contributed by atoms with Gasteiger partial charge in [-0.05, 0) is 59.7 Å². The predicted octanol–water partition coefficient (Wildman–Crippen LogP) is 4.69. The van der Waals surface area contributed by atoms with Crippen molar-refractivity contribution in [2.24, 2.45) is 0 Å². The van der Waals surface area contributed by atoms with E-state index in [1.165, 1.54) is 38.4 Å². The maximum Gasteiger partial charge on any atom is 0.573 e. The van der Waals surface area contributed by atoms with Gasteiger partial charge in [-0.15, -0.1) is 13.2 Å². The van der Waals surface area contributed by atoms with Crippen LogP contribution in [0, 0.1) is 0 Å². The Morgan fingerprint density at radius 1 is 0.881 bits per heavy atom. The Balaban J connectivity index is 1.80. The van der Waals surface area contributed by atoms with Crippen LogP contribution in [0.3, 0.4) is 0 Å². The Morgan fingerprint density at radius 3 is 1.79 bits per heavy atom. The van der Waals surface area contributed by atoms with Gasteiger partial charge in [0.25, 0.3) is 5.91 Å². The van der Waals surface area contributed by atoms with Crippen LogP contribution in [0.5, 0.6) is 5.75 Å². The fourth-order valence-corrected chi connectivity index (χ4v) is 5.01. The summed E-state index contributed by atoms with van der Waals surface area (Å²) in [6.07, 6.45) is -2.01. The molecule has 2 unspecified atom stereocenters. The van der Waals surface area contributed by atoms with Gasteiger partial charge < -0.3 is 20.7 Å². The lowest BCUT2D eigenvalue weighted by Crippen LogP contribution is -2.55. The highest BCUT2D eigenvalue weighted by Gasteiger charge is 2.58. The molecule has 3 heterocycles. The summed E-state index contributed by atoms with van der Waals surface area (Å²) in [6.45, 7) is 6.09. The van der Waals surface area contributed by atoms with E-state index in [0.29, 0.717) is 11.1 Å². The molecule has 1 aromatic carbocycles. The van der Waals surface area contributed by atoms with Gasteiger partial charge in [-0.2, -0.15) is 0 Å². The number of hydrogen-bond acceptors (Lipinski definition) is 7. The van der Waals surface area contributed by atoms with Gasteiger partial charge in [0.1, 0.15) is 22.9 Å². The summed E-state index contributed by atoms with van der Waals surface area (Å²) in [5.74, 6) is -2.88. The Kier molecular flexibility index (Phi) is 8.18. The van der Waals surface area contributed by atoms with Crippen LogP contribution in [-0.4, -0.2) is 45.6 Å². The third-order valence-electron chi connectivity index (χ3n) is 6.94. The molecule has 3 aromatic rings. The first-order chi connectivity index (χ1) is 19.7. The van der Waals surface area contributed by atoms with Crippen LogP contribution in [0.2, 0.25) is 0 Å². The zero-order valence-corrected chi connectivity index (χ0v) is 22.9. The maximum atomic E-state index is 14.4. The number of anilines is 3. The molecule has 0 saturated carbocycles. The highest BCUT2D eigenvalue weighted by molar-refractivity contribution is 6.24. The van der Waals surface area contributed by atoms with Crippen molar-refractivity contribution >= 4 is 41.1 Å². The zero-order valence-electron chi connectivity index (χ0n) is 22.9. The molecule has 1 fully saturated rings. The number of pyridine rings is 2. The normalized spacial score (nSPS) is 18.2. The van der Waals surface area contributed by atoms with Gasteiger partial charge in [0.2, 0.25) is 11.8 Å². The van der Waals surface area contributed by atoms with Crippen LogP contribution < -0.4 is 25.6 Å². The number of halogens is 3. The van der Waals surface area contributed by atoms with Crippen molar-refractivity contribution < 1.29 is 37.1 Å². The second-order valence-corrected chi connectivity index (χ2v) is 9.74. The summed E-state index contributed by atoms with van der Waals surface area (Å²) >= 11 is 0. The number of urea groups is 1. The van der Waals surface area contributed by atoms with Gasteiger partial charge >= 0.3 is 12.4 Å². The van der Waals surface area contributed by atoms with E-state index in [2.05, 4.69) is 30.7 Å². The van der Waals surface area contributed by atoms with Crippen LogP contribution in [0.4, 0.5) is 35.3 Å². The highest BCUT2D eigenvalue weighted by atomic mass is 19.4. The Hall–Kier alpha value is -5.01. The van der Waals surface area contributed by atoms with Crippen LogP contribution in [0.15, 0.2) is 60.9 Å². The first-order valence-electron chi connectivity index (χ1n) is 12.7. The minimum atomic E-state index is -4.91. The number of aromatic nitrogens is 2. The molecule has 1 aliphatic heterocycles. The average molecular weight is 585 g/mol. The van der Waals surface area contributed by atoms with Crippen molar-refractivity contribution in [2.45, 2.75) is 51.4 Å². The minimum absolute atomic E-state index is 0.0237. The molecule has 42 heavy (non-hydrogen) atoms. The Bertz CT molecular complexity index is 1460. The van der Waals surface area contributed by atoms with Crippen LogP contribution >= 0.6 is 0 Å². The van der Waals surface area contributed by atoms with Gasteiger partial charge in [-0.25, -0.2) is 19.7 Å². The topological polar surface area (TPSA) is 143 Å². The van der Waals surface area contributed by atoms with Crippen LogP contribution in [-0.2, 0) is 14.4 Å². The lowest BCUT2D eigenvalue weighted by molar-refractivity contribution is -0.274. The predicted molar refractivity (Wildman–Crippen MR) is 146 cm³/mol. The van der Waals surface area contributed by atoms with E-state index < -0.39 is 41.4 Å². The standard InChI is InChI=1S/C28H27F3N6O5/c1-15(19-9-11-32-23(13-19)34-17(3)38)27(16(2)20-10-12-33-24(14-20)35-18(4)39)25(40)37(26(41)36-27)21-5-7-22(8-6-21)42-28(29,30)31/h5-16H,1-4H3,(H,36,41)(H,32,34,38)(H,33,35,39). The van der Waals surface area contributed by atoms with E-state index >= 15 is 0 Å². The number of carbonyl (C=O) groups is 4. The van der Waals surface area contributed by atoms with E-state index in [4.69, 9.17) is 0 Å². The summed E-state index contributed by atoms with van der Waals surface area (Å²) in [7, 11) is 0. The first-order valence-corrected chi connectivity index (χ1v) is 12.7. The fourth-order valence-electron chi connectivity index (χ4n) is 5.01. The van der Waals surface area contributed by atoms with Crippen LogP contribution in [0.1, 0.15) is 50.7 Å². The highest BCUT2D eigenvalue weighted by Crippen LogP contribution is 2.45. The largest absolute Gasteiger partial charge is 0.573 e. The smallest absolute Gasteiger partial charge is 0.406 e. The van der Waals surface area contributed by atoms with Crippen LogP contribution in [0.25, 0.3) is 0 Å². The molecule has 14 heteroatoms. The molecule has 0 spiro atoms. The summed E-state index contributed by atoms with van der Waals surface area (Å²) in [4.78, 5) is 60.2. The van der Waals surface area contributed by atoms with E-state index in [9.17, 15) is 32.3 Å². The van der Waals surface area contributed by atoms with E-state index in [1.807, 2.05) is 0 Å². The maximum absolute atomic E-state index is 14.4. The summed E-state index contributed by atoms with van der Waals surface area (Å²) in [5.41, 5.74) is -0.500. The molecule has 11 nitrogen and oxygen atoms in total. The number of imide groups is 1. The average Bonchev–Trinajstić information content (AvgIpc) is 3.17. The number of amides is 5. The SMILES string of the molecule is CC(=O)Nc1cc(C(C)C2(C(C)c3ccnc(NC(C)=O)c3)NC(=O)N(c3ccc(OC(F)(F)F)cc3)C2=O)ccn1. The quantitative estimate of drug-likeness (QED) is 0.326. The molecule has 2 atom stereocenters. The minimum Gasteiger partial charge on any atom is -0.406 e. The second-order valence-electron chi connectivity index (χ2n) is 9.74. The number of carbonyl (C=O) groups excluding carboxylic acids is 4. The monoisotopic (exact) mass is 584 g/mol. The molecule has 5 amide bonds. The molecule has 0 bridgehead atoms. The first kappa shape index (κ1) is 30.0. The van der Waals surface area contributed by atoms with E-state index in [0.717, 1.165) is 17.0 Å². The van der Waals surface area contributed by atoms with Gasteiger partial charge in [-0.3, -0.25) is 14.4 Å². The zero-order chi connectivity index (χ0) is 30.8. The summed E-state index contributed by atoms with van der Waals surface area (Å²) < 4.78 is 41.9. The fraction of sp³-hybridized carbons (Fsp3) is 0.286. The number of benzene rings is 1. The molecule has 0 aliphatic carbocycles. The molecule has 2 aromatic heterocycles. The van der Waals surface area contributed by atoms with Gasteiger partial charge in [0.15, 0.2) is 0 Å². The molecular weight excluding hydrogens is 557 g/mol. The Morgan fingerprint density at radius 2 is 1.36 bits per heavy atom. The lowest BCUT2D eigenvalue weighted by Gasteiger charge is -2.39. The van der Waals surface area contributed by atoms with Crippen molar-refractivity contribution in [3.8, 4) is 5.75 Å². The van der Waals surface area contributed by atoms with Crippen molar-refractivity contribution in [3.05, 3.63) is 72.1 Å². The molecular formula is C28H27F3N6O5. The lowest BCUT2D eigenvalue weighted by atomic mass is 9.70. The van der Waals surface area contributed by atoms with E-state index in [1.54, 1.807) is 38.1 Å². The van der Waals surface area contributed by atoms with Crippen molar-refractivity contribution in [2.75, 3.05) is 15.5 Å². The van der Waals surface area contributed by atoms with Crippen molar-refractivity contribution in [1.82, 2.24) is 15.3 Å². The number of alkyl halides is 3. The molecule has 0 radical (unpaired) electrons. The summed E-state index contributed by atoms with van der Waals surface area (Å²) in [6, 6.07) is 10.0. The van der Waals surface area contributed by atoms with Gasteiger partial charge in [-0.1, -0.05) is 13.8 Å². The third kappa shape index (κ3) is 6.16. The van der Waals surface area contributed by atoms with Crippen molar-refractivity contribution in [3.63, 3.8) is 0 Å².